The lowest BCUT2D eigenvalue weighted by Crippen LogP contribution is -2.64. The van der Waals surface area contributed by atoms with Crippen molar-refractivity contribution in [2.75, 3.05) is 52.9 Å². The Morgan fingerprint density at radius 2 is 0.947 bits per heavy atom. The number of aliphatic hydroxyl groups is 3. The number of rotatable bonds is 23. The average Bonchev–Trinajstić information content (AvgIpc) is 2.86. The molecule has 0 amide bonds. The van der Waals surface area contributed by atoms with Gasteiger partial charge >= 0.3 is 5.97 Å². The summed E-state index contributed by atoms with van der Waals surface area (Å²) in [5.41, 5.74) is -2.64. The molecule has 0 aromatic carbocycles. The van der Waals surface area contributed by atoms with E-state index in [-0.39, 0.29) is 64.4 Å². The first-order valence-corrected chi connectivity index (χ1v) is 13.2. The van der Waals surface area contributed by atoms with Gasteiger partial charge in [-0.2, -0.15) is 0 Å². The van der Waals surface area contributed by atoms with Crippen LogP contribution in [0.1, 0.15) is 55.4 Å². The van der Waals surface area contributed by atoms with Crippen LogP contribution in [0.15, 0.2) is 11.5 Å². The first-order valence-electron chi connectivity index (χ1n) is 13.2. The van der Waals surface area contributed by atoms with Crippen molar-refractivity contribution in [2.24, 2.45) is 5.41 Å². The number of esters is 1. The van der Waals surface area contributed by atoms with Gasteiger partial charge in [0.1, 0.15) is 0 Å². The summed E-state index contributed by atoms with van der Waals surface area (Å²) in [6.07, 6.45) is -9.04. The van der Waals surface area contributed by atoms with E-state index in [2.05, 4.69) is 0 Å². The van der Waals surface area contributed by atoms with Crippen molar-refractivity contribution >= 4 is 5.97 Å². The van der Waals surface area contributed by atoms with Crippen molar-refractivity contribution in [1.29, 1.82) is 0 Å². The second-order valence-corrected chi connectivity index (χ2v) is 7.43. The lowest BCUT2D eigenvalue weighted by Gasteiger charge is -2.46. The highest BCUT2D eigenvalue weighted by atomic mass is 16.7. The van der Waals surface area contributed by atoms with E-state index in [0.29, 0.717) is 0 Å². The maximum Gasteiger partial charge on any atom is 0.348 e. The molecule has 3 N–H and O–H groups in total. The number of aliphatic hydroxyl groups excluding tert-OH is 3. The third-order valence-electron chi connectivity index (χ3n) is 5.06. The van der Waals surface area contributed by atoms with E-state index < -0.39 is 42.8 Å². The van der Waals surface area contributed by atoms with E-state index in [1.165, 1.54) is 0 Å². The largest absolute Gasteiger partial charge is 0.465 e. The van der Waals surface area contributed by atoms with Crippen LogP contribution in [0.3, 0.4) is 0 Å². The molecule has 0 aliphatic heterocycles. The van der Waals surface area contributed by atoms with Crippen molar-refractivity contribution in [3.05, 3.63) is 11.5 Å². The lowest BCUT2D eigenvalue weighted by molar-refractivity contribution is -0.393. The number of carbonyl (C=O) groups is 1. The molecule has 0 aliphatic rings. The molecule has 4 atom stereocenters. The Morgan fingerprint density at radius 1 is 0.579 bits per heavy atom. The molecule has 0 spiro atoms. The van der Waals surface area contributed by atoms with Gasteiger partial charge in [-0.3, -0.25) is 0 Å². The lowest BCUT2D eigenvalue weighted by atomic mass is 9.83. The highest BCUT2D eigenvalue weighted by molar-refractivity contribution is 5.89. The van der Waals surface area contributed by atoms with Crippen LogP contribution in [0.2, 0.25) is 0 Å². The molecule has 0 aromatic heterocycles. The molecular formula is C25H48O13. The molecule has 0 radical (unpaired) electrons. The molecule has 13 nitrogen and oxygen atoms in total. The van der Waals surface area contributed by atoms with Gasteiger partial charge in [-0.05, 0) is 55.4 Å². The first-order chi connectivity index (χ1) is 18.2. The summed E-state index contributed by atoms with van der Waals surface area (Å²) in [6.45, 7) is 13.6. The topological polar surface area (TPSA) is 161 Å². The van der Waals surface area contributed by atoms with Gasteiger partial charge in [0.25, 0.3) is 5.95 Å². The van der Waals surface area contributed by atoms with Crippen molar-refractivity contribution in [3.63, 3.8) is 0 Å². The van der Waals surface area contributed by atoms with Crippen molar-refractivity contribution in [3.8, 4) is 0 Å². The fourth-order valence-corrected chi connectivity index (χ4v) is 3.47. The van der Waals surface area contributed by atoms with E-state index in [4.69, 9.17) is 42.6 Å². The minimum absolute atomic E-state index is 0.0336. The molecular weight excluding hydrogens is 508 g/mol. The normalized spacial score (nSPS) is 16.3. The maximum atomic E-state index is 13.8. The summed E-state index contributed by atoms with van der Waals surface area (Å²) < 4.78 is 49.8. The van der Waals surface area contributed by atoms with Crippen molar-refractivity contribution in [1.82, 2.24) is 0 Å². The SMILES string of the molecule is CCOC(OCC)=C(C(=O)OC(OCC)C(C(O)OCC)(C(O)OCC)C(O)OCC)C(OCC)OCC. The summed E-state index contributed by atoms with van der Waals surface area (Å²) in [5.74, 6) is -1.29. The second kappa shape index (κ2) is 20.4. The standard InChI is InChI=1S/C25H48O13/c1-9-30-19(31-10-2)17(20(32-11-3)33-12-4)18(26)38-24(37-16-8)25(21(27)34-13-5,22(28)35-14-6)23(29)36-15-7/h19,21-24,27-29H,9-16H2,1-8H3. The monoisotopic (exact) mass is 556 g/mol. The second-order valence-electron chi connectivity index (χ2n) is 7.43. The van der Waals surface area contributed by atoms with Crippen LogP contribution >= 0.6 is 0 Å². The van der Waals surface area contributed by atoms with Crippen molar-refractivity contribution < 1.29 is 62.7 Å². The highest BCUT2D eigenvalue weighted by Gasteiger charge is 2.62. The summed E-state index contributed by atoms with van der Waals surface area (Å²) in [4.78, 5) is 13.8. The zero-order valence-electron chi connectivity index (χ0n) is 24.0. The number of carbonyl (C=O) groups excluding carboxylic acids is 1. The van der Waals surface area contributed by atoms with E-state index in [0.717, 1.165) is 0 Å². The minimum atomic E-state index is -2.37. The molecule has 0 aromatic rings. The summed E-state index contributed by atoms with van der Waals surface area (Å²) in [5, 5.41) is 33.2. The number of hydrogen-bond donors (Lipinski definition) is 3. The fourth-order valence-electron chi connectivity index (χ4n) is 3.47. The quantitative estimate of drug-likeness (QED) is 0.0721. The molecule has 0 aliphatic carbocycles. The smallest absolute Gasteiger partial charge is 0.348 e. The van der Waals surface area contributed by atoms with Crippen LogP contribution in [0.25, 0.3) is 0 Å². The van der Waals surface area contributed by atoms with Gasteiger partial charge in [0, 0.05) is 39.6 Å². The van der Waals surface area contributed by atoms with Gasteiger partial charge in [-0.1, -0.05) is 0 Å². The van der Waals surface area contributed by atoms with Crippen LogP contribution in [0.4, 0.5) is 0 Å². The molecule has 226 valence electrons. The average molecular weight is 557 g/mol. The van der Waals surface area contributed by atoms with Gasteiger partial charge in [0.2, 0.25) is 6.29 Å². The molecule has 0 heterocycles. The van der Waals surface area contributed by atoms with Gasteiger partial charge in [-0.15, -0.1) is 0 Å². The third kappa shape index (κ3) is 9.88. The van der Waals surface area contributed by atoms with Crippen LogP contribution in [-0.2, 0) is 47.4 Å². The van der Waals surface area contributed by atoms with E-state index in [1.54, 1.807) is 55.4 Å². The molecule has 0 saturated heterocycles. The molecule has 0 saturated carbocycles. The van der Waals surface area contributed by atoms with Gasteiger partial charge < -0.3 is 58.0 Å². The Bertz CT molecular complexity index is 612. The Labute approximate surface area is 225 Å². The third-order valence-corrected chi connectivity index (χ3v) is 5.06. The van der Waals surface area contributed by atoms with Gasteiger partial charge in [0.15, 0.2) is 36.1 Å². The summed E-state index contributed by atoms with van der Waals surface area (Å²) in [6, 6.07) is 0. The zero-order chi connectivity index (χ0) is 29.1. The number of ether oxygens (including phenoxy) is 9. The predicted octanol–water partition coefficient (Wildman–Crippen LogP) is 1.63. The van der Waals surface area contributed by atoms with E-state index in [9.17, 15) is 20.1 Å². The summed E-state index contributed by atoms with van der Waals surface area (Å²) >= 11 is 0. The van der Waals surface area contributed by atoms with Crippen LogP contribution in [0.5, 0.6) is 0 Å². The van der Waals surface area contributed by atoms with Crippen molar-refractivity contribution in [2.45, 2.75) is 86.8 Å². The Balaban J connectivity index is 7.04. The van der Waals surface area contributed by atoms with Crippen LogP contribution in [0, 0.1) is 5.41 Å². The molecule has 0 bridgehead atoms. The molecule has 0 fully saturated rings. The highest BCUT2D eigenvalue weighted by Crippen LogP contribution is 2.40. The Kier molecular flexibility index (Phi) is 19.5. The summed E-state index contributed by atoms with van der Waals surface area (Å²) in [7, 11) is 0. The van der Waals surface area contributed by atoms with Crippen LogP contribution in [-0.4, -0.2) is 106 Å². The van der Waals surface area contributed by atoms with Crippen LogP contribution < -0.4 is 0 Å². The minimum Gasteiger partial charge on any atom is -0.465 e. The maximum absolute atomic E-state index is 13.8. The van der Waals surface area contributed by atoms with Gasteiger partial charge in [0.05, 0.1) is 13.2 Å². The molecule has 0 rings (SSSR count). The Morgan fingerprint density at radius 3 is 1.26 bits per heavy atom. The fraction of sp³-hybridized carbons (Fsp3) is 0.880. The Hall–Kier alpha value is -1.55. The molecule has 4 unspecified atom stereocenters. The first kappa shape index (κ1) is 36.5. The van der Waals surface area contributed by atoms with Gasteiger partial charge in [-0.25, -0.2) is 4.79 Å². The predicted molar refractivity (Wildman–Crippen MR) is 134 cm³/mol. The molecule has 13 heteroatoms. The van der Waals surface area contributed by atoms with E-state index >= 15 is 0 Å². The molecule has 38 heavy (non-hydrogen) atoms. The zero-order valence-corrected chi connectivity index (χ0v) is 24.0. The number of hydrogen-bond acceptors (Lipinski definition) is 13. The van der Waals surface area contributed by atoms with E-state index in [1.807, 2.05) is 0 Å².